The Labute approximate surface area is 162 Å². The Kier molecular flexibility index (Phi) is 5.89. The number of nitrogens with zero attached hydrogens (tertiary/aromatic N) is 2. The van der Waals surface area contributed by atoms with E-state index in [1.807, 2.05) is 39.0 Å². The largest absolute Gasteiger partial charge is 0.456 e. The summed E-state index contributed by atoms with van der Waals surface area (Å²) < 4.78 is 34.2. The average molecular weight is 389 g/mol. The van der Waals surface area contributed by atoms with Crippen LogP contribution < -0.4 is 4.74 Å². The highest BCUT2D eigenvalue weighted by atomic mass is 32.2. The van der Waals surface area contributed by atoms with E-state index in [0.717, 1.165) is 36.3 Å². The molecule has 0 bridgehead atoms. The number of sulfonamides is 1. The van der Waals surface area contributed by atoms with E-state index >= 15 is 0 Å². The number of rotatable bonds is 5. The molecule has 1 saturated heterocycles. The summed E-state index contributed by atoms with van der Waals surface area (Å²) in [6.45, 7) is 11.5. The molecule has 0 amide bonds. The number of likely N-dealkylation sites (N-methyl/N-ethyl adjacent to an activating group) is 1. The molecule has 0 unspecified atom stereocenters. The van der Waals surface area contributed by atoms with Gasteiger partial charge in [-0.05, 0) is 68.3 Å². The minimum Gasteiger partial charge on any atom is -0.456 e. The molecule has 0 atom stereocenters. The van der Waals surface area contributed by atoms with Crippen molar-refractivity contribution in [3.05, 3.63) is 53.1 Å². The zero-order valence-corrected chi connectivity index (χ0v) is 17.3. The second kappa shape index (κ2) is 8.00. The van der Waals surface area contributed by atoms with Gasteiger partial charge in [-0.25, -0.2) is 8.42 Å². The maximum atomic E-state index is 13.3. The van der Waals surface area contributed by atoms with E-state index in [0.29, 0.717) is 24.6 Å². The first-order chi connectivity index (χ1) is 12.8. The molecule has 5 nitrogen and oxygen atoms in total. The third kappa shape index (κ3) is 4.51. The maximum Gasteiger partial charge on any atom is 0.246 e. The normalized spacial score (nSPS) is 16.4. The smallest absolute Gasteiger partial charge is 0.246 e. The van der Waals surface area contributed by atoms with Crippen molar-refractivity contribution in [2.45, 2.75) is 32.6 Å². The summed E-state index contributed by atoms with van der Waals surface area (Å²) in [6, 6.07) is 11.2. The van der Waals surface area contributed by atoms with E-state index in [4.69, 9.17) is 4.74 Å². The molecule has 2 aromatic rings. The van der Waals surface area contributed by atoms with Gasteiger partial charge in [0.15, 0.2) is 0 Å². The van der Waals surface area contributed by atoms with Gasteiger partial charge in [-0.3, -0.25) is 0 Å². The standard InChI is InChI=1S/C21H28N2O3S/c1-5-22-8-10-23(11-9-22)27(24,25)21-15-16(2)6-7-20(21)26-19-13-17(3)12-18(4)14-19/h6-7,12-15H,5,8-11H2,1-4H3. The van der Waals surface area contributed by atoms with Crippen LogP contribution in [0, 0.1) is 20.8 Å². The highest BCUT2D eigenvalue weighted by Gasteiger charge is 2.30. The van der Waals surface area contributed by atoms with Gasteiger partial charge in [0.2, 0.25) is 10.0 Å². The molecule has 1 heterocycles. The first-order valence-electron chi connectivity index (χ1n) is 9.39. The fourth-order valence-electron chi connectivity index (χ4n) is 3.45. The molecule has 0 radical (unpaired) electrons. The number of benzene rings is 2. The summed E-state index contributed by atoms with van der Waals surface area (Å²) in [5, 5.41) is 0. The monoisotopic (exact) mass is 388 g/mol. The lowest BCUT2D eigenvalue weighted by atomic mass is 10.1. The van der Waals surface area contributed by atoms with E-state index in [1.54, 1.807) is 16.4 Å². The molecule has 0 saturated carbocycles. The molecule has 146 valence electrons. The summed E-state index contributed by atoms with van der Waals surface area (Å²) in [6.07, 6.45) is 0. The quantitative estimate of drug-likeness (QED) is 0.783. The summed E-state index contributed by atoms with van der Waals surface area (Å²) in [5.41, 5.74) is 3.06. The Morgan fingerprint density at radius 3 is 2.11 bits per heavy atom. The summed E-state index contributed by atoms with van der Waals surface area (Å²) in [4.78, 5) is 2.50. The SMILES string of the molecule is CCN1CCN(S(=O)(=O)c2cc(C)ccc2Oc2cc(C)cc(C)c2)CC1. The number of aryl methyl sites for hydroxylation is 3. The molecular formula is C21H28N2O3S. The Bertz CT molecular complexity index is 897. The van der Waals surface area contributed by atoms with Gasteiger partial charge < -0.3 is 9.64 Å². The van der Waals surface area contributed by atoms with Crippen LogP contribution in [0.25, 0.3) is 0 Å². The minimum atomic E-state index is -3.61. The molecule has 27 heavy (non-hydrogen) atoms. The number of hydrogen-bond donors (Lipinski definition) is 0. The molecule has 0 aliphatic carbocycles. The van der Waals surface area contributed by atoms with E-state index in [2.05, 4.69) is 17.9 Å². The van der Waals surface area contributed by atoms with Crippen molar-refractivity contribution in [2.75, 3.05) is 32.7 Å². The Hall–Kier alpha value is -1.89. The number of hydrogen-bond acceptors (Lipinski definition) is 4. The molecular weight excluding hydrogens is 360 g/mol. The van der Waals surface area contributed by atoms with Crippen molar-refractivity contribution < 1.29 is 13.2 Å². The lowest BCUT2D eigenvalue weighted by molar-refractivity contribution is 0.196. The first-order valence-corrected chi connectivity index (χ1v) is 10.8. The fraction of sp³-hybridized carbons (Fsp3) is 0.429. The molecule has 1 aliphatic heterocycles. The van der Waals surface area contributed by atoms with Gasteiger partial charge in [0, 0.05) is 26.2 Å². The molecule has 0 aromatic heterocycles. The second-order valence-corrected chi connectivity index (χ2v) is 9.12. The Balaban J connectivity index is 1.94. The van der Waals surface area contributed by atoms with E-state index < -0.39 is 10.0 Å². The van der Waals surface area contributed by atoms with E-state index in [-0.39, 0.29) is 4.90 Å². The van der Waals surface area contributed by atoms with Crippen LogP contribution in [-0.4, -0.2) is 50.3 Å². The van der Waals surface area contributed by atoms with Crippen LogP contribution in [0.3, 0.4) is 0 Å². The van der Waals surface area contributed by atoms with Crippen LogP contribution in [0.1, 0.15) is 23.6 Å². The predicted molar refractivity (Wildman–Crippen MR) is 108 cm³/mol. The van der Waals surface area contributed by atoms with Gasteiger partial charge in [-0.1, -0.05) is 19.1 Å². The molecule has 1 fully saturated rings. The van der Waals surface area contributed by atoms with Gasteiger partial charge in [-0.15, -0.1) is 0 Å². The third-order valence-corrected chi connectivity index (χ3v) is 6.84. The van der Waals surface area contributed by atoms with Crippen molar-refractivity contribution in [3.63, 3.8) is 0 Å². The van der Waals surface area contributed by atoms with Gasteiger partial charge in [0.25, 0.3) is 0 Å². The van der Waals surface area contributed by atoms with Crippen LogP contribution >= 0.6 is 0 Å². The molecule has 6 heteroatoms. The van der Waals surface area contributed by atoms with Gasteiger partial charge in [-0.2, -0.15) is 4.31 Å². The number of ether oxygens (including phenoxy) is 1. The fourth-order valence-corrected chi connectivity index (χ4v) is 5.07. The predicted octanol–water partition coefficient (Wildman–Crippen LogP) is 3.73. The van der Waals surface area contributed by atoms with Crippen molar-refractivity contribution in [1.82, 2.24) is 9.21 Å². The zero-order chi connectivity index (χ0) is 19.6. The highest BCUT2D eigenvalue weighted by Crippen LogP contribution is 2.33. The average Bonchev–Trinajstić information content (AvgIpc) is 2.62. The molecule has 3 rings (SSSR count). The lowest BCUT2D eigenvalue weighted by Crippen LogP contribution is -2.48. The lowest BCUT2D eigenvalue weighted by Gasteiger charge is -2.33. The van der Waals surface area contributed by atoms with Gasteiger partial charge in [0.05, 0.1) is 0 Å². The number of piperazine rings is 1. The molecule has 1 aliphatic rings. The minimum absolute atomic E-state index is 0.242. The summed E-state index contributed by atoms with van der Waals surface area (Å²) in [7, 11) is -3.61. The topological polar surface area (TPSA) is 49.9 Å². The summed E-state index contributed by atoms with van der Waals surface area (Å²) in [5.74, 6) is 1.03. The van der Waals surface area contributed by atoms with Gasteiger partial charge >= 0.3 is 0 Å². The second-order valence-electron chi connectivity index (χ2n) is 7.21. The van der Waals surface area contributed by atoms with Crippen LogP contribution in [0.15, 0.2) is 41.3 Å². The molecule has 0 spiro atoms. The van der Waals surface area contributed by atoms with Crippen LogP contribution in [0.4, 0.5) is 0 Å². The third-order valence-electron chi connectivity index (χ3n) is 4.92. The highest BCUT2D eigenvalue weighted by molar-refractivity contribution is 7.89. The van der Waals surface area contributed by atoms with Crippen LogP contribution in [0.2, 0.25) is 0 Å². The Morgan fingerprint density at radius 2 is 1.52 bits per heavy atom. The maximum absolute atomic E-state index is 13.3. The van der Waals surface area contributed by atoms with Crippen LogP contribution in [0.5, 0.6) is 11.5 Å². The van der Waals surface area contributed by atoms with Crippen molar-refractivity contribution >= 4 is 10.0 Å². The van der Waals surface area contributed by atoms with Crippen molar-refractivity contribution in [3.8, 4) is 11.5 Å². The van der Waals surface area contributed by atoms with E-state index in [9.17, 15) is 8.42 Å². The van der Waals surface area contributed by atoms with Crippen molar-refractivity contribution in [1.29, 1.82) is 0 Å². The first kappa shape index (κ1) is 19.9. The molecule has 2 aromatic carbocycles. The van der Waals surface area contributed by atoms with Crippen LogP contribution in [-0.2, 0) is 10.0 Å². The summed E-state index contributed by atoms with van der Waals surface area (Å²) >= 11 is 0. The zero-order valence-electron chi connectivity index (χ0n) is 16.5. The Morgan fingerprint density at radius 1 is 0.889 bits per heavy atom. The van der Waals surface area contributed by atoms with E-state index in [1.165, 1.54) is 0 Å². The van der Waals surface area contributed by atoms with Crippen molar-refractivity contribution in [2.24, 2.45) is 0 Å². The van der Waals surface area contributed by atoms with Gasteiger partial charge in [0.1, 0.15) is 16.4 Å². The molecule has 0 N–H and O–H groups in total.